The number of unbranched alkanes of at least 4 members (excludes halogenated alkanes) is 2. The van der Waals surface area contributed by atoms with E-state index in [1.807, 2.05) is 60.7 Å². The lowest BCUT2D eigenvalue weighted by Gasteiger charge is -2.37. The summed E-state index contributed by atoms with van der Waals surface area (Å²) in [5.74, 6) is -0.0860. The van der Waals surface area contributed by atoms with Crippen LogP contribution in [-0.2, 0) is 32.2 Å². The number of hydrogen-bond donors (Lipinski definition) is 5. The molecule has 0 aromatic heterocycles. The molecule has 4 aromatic rings. The minimum absolute atomic E-state index is 0.00169. The Morgan fingerprint density at radius 3 is 2.29 bits per heavy atom. The molecule has 2 aliphatic rings. The van der Waals surface area contributed by atoms with Crippen molar-refractivity contribution in [2.45, 2.75) is 82.7 Å². The van der Waals surface area contributed by atoms with Crippen LogP contribution in [0.3, 0.4) is 0 Å². The SMILES string of the molecule is Nc1ccccc1NC(=O)CCCCCC(=O)NCc1cccc(-c2ccc([C@H]3O[C@@H](CN4CC[C@H](O)C4)C[C@@H](c4ccc(CO)cc4)O3)cc2)c1. The molecule has 10 heteroatoms. The lowest BCUT2D eigenvalue weighted by molar-refractivity contribution is -0.252. The predicted molar refractivity (Wildman–Crippen MR) is 202 cm³/mol. The summed E-state index contributed by atoms with van der Waals surface area (Å²) in [4.78, 5) is 27.0. The maximum Gasteiger partial charge on any atom is 0.224 e. The number of β-amino-alcohol motifs (C(OH)–C–C–N with tert-alkyl or cyclic N) is 1. The average molecular weight is 707 g/mol. The number of nitrogens with zero attached hydrogens (tertiary/aromatic N) is 1. The number of amides is 2. The van der Waals surface area contributed by atoms with E-state index in [4.69, 9.17) is 15.2 Å². The standard InChI is InChI=1S/C42H50N4O6/c43-37-9-4-5-10-38(37)45-41(50)12-3-1-2-11-40(49)44-25-30-7-6-8-34(23-30)31-17-19-33(20-18-31)42-51-36(27-46-22-21-35(48)26-46)24-39(52-42)32-15-13-29(28-47)14-16-32/h4-10,13-20,23,35-36,39,42,47-48H,1-3,11-12,21-22,24-28,43H2,(H,44,49)(H,45,50)/t35-,36+,39-,42-/m0/s1. The Balaban J connectivity index is 0.990. The van der Waals surface area contributed by atoms with Crippen LogP contribution in [0.25, 0.3) is 11.1 Å². The number of hydrogen-bond acceptors (Lipinski definition) is 8. The number of benzene rings is 4. The number of nitrogens with two attached hydrogens (primary N) is 1. The third-order valence-corrected chi connectivity index (χ3v) is 9.80. The molecule has 2 amide bonds. The monoisotopic (exact) mass is 706 g/mol. The maximum atomic E-state index is 12.6. The van der Waals surface area contributed by atoms with Gasteiger partial charge in [0, 0.05) is 51.0 Å². The van der Waals surface area contributed by atoms with Crippen LogP contribution in [0.2, 0.25) is 0 Å². The van der Waals surface area contributed by atoms with Crippen LogP contribution in [0.5, 0.6) is 0 Å². The van der Waals surface area contributed by atoms with Crippen LogP contribution in [0.1, 0.15) is 79.6 Å². The van der Waals surface area contributed by atoms with Crippen LogP contribution >= 0.6 is 0 Å². The van der Waals surface area contributed by atoms with E-state index in [1.165, 1.54) is 0 Å². The summed E-state index contributed by atoms with van der Waals surface area (Å²) in [5, 5.41) is 25.4. The van der Waals surface area contributed by atoms with Crippen molar-refractivity contribution < 1.29 is 29.3 Å². The smallest absolute Gasteiger partial charge is 0.224 e. The third-order valence-electron chi connectivity index (χ3n) is 9.80. The van der Waals surface area contributed by atoms with Crippen LogP contribution in [0.4, 0.5) is 11.4 Å². The van der Waals surface area contributed by atoms with Gasteiger partial charge in [0.1, 0.15) is 0 Å². The number of aliphatic hydroxyl groups excluding tert-OH is 2. The van der Waals surface area contributed by atoms with Gasteiger partial charge in [0.05, 0.1) is 36.3 Å². The molecule has 2 aliphatic heterocycles. The van der Waals surface area contributed by atoms with Gasteiger partial charge in [-0.3, -0.25) is 14.5 Å². The van der Waals surface area contributed by atoms with E-state index in [0.717, 1.165) is 59.3 Å². The summed E-state index contributed by atoms with van der Waals surface area (Å²) in [5.41, 5.74) is 13.0. The Kier molecular flexibility index (Phi) is 13.1. The number of nitrogen functional groups attached to an aromatic ring is 1. The highest BCUT2D eigenvalue weighted by atomic mass is 16.7. The van der Waals surface area contributed by atoms with Gasteiger partial charge in [-0.15, -0.1) is 0 Å². The largest absolute Gasteiger partial charge is 0.397 e. The molecule has 2 saturated heterocycles. The highest BCUT2D eigenvalue weighted by Gasteiger charge is 2.34. The molecule has 6 rings (SSSR count). The van der Waals surface area contributed by atoms with Gasteiger partial charge in [-0.1, -0.05) is 85.3 Å². The Labute approximate surface area is 305 Å². The van der Waals surface area contributed by atoms with Gasteiger partial charge in [0.2, 0.25) is 11.8 Å². The zero-order valence-electron chi connectivity index (χ0n) is 29.6. The first-order valence-corrected chi connectivity index (χ1v) is 18.3. The molecule has 0 saturated carbocycles. The number of aliphatic hydroxyl groups is 2. The zero-order chi connectivity index (χ0) is 36.3. The molecule has 0 unspecified atom stereocenters. The van der Waals surface area contributed by atoms with Crippen LogP contribution in [0, 0.1) is 0 Å². The number of rotatable bonds is 15. The van der Waals surface area contributed by atoms with Crippen LogP contribution in [-0.4, -0.2) is 58.8 Å². The van der Waals surface area contributed by atoms with Gasteiger partial charge < -0.3 is 36.1 Å². The molecule has 52 heavy (non-hydrogen) atoms. The topological polar surface area (TPSA) is 146 Å². The van der Waals surface area contributed by atoms with E-state index in [2.05, 4.69) is 39.8 Å². The van der Waals surface area contributed by atoms with Gasteiger partial charge >= 0.3 is 0 Å². The molecule has 0 aliphatic carbocycles. The molecule has 4 atom stereocenters. The number of ether oxygens (including phenoxy) is 2. The second-order valence-electron chi connectivity index (χ2n) is 13.8. The number of likely N-dealkylation sites (tertiary alicyclic amines) is 1. The van der Waals surface area contributed by atoms with E-state index >= 15 is 0 Å². The number of para-hydroxylation sites is 2. The number of nitrogens with one attached hydrogen (secondary N) is 2. The minimum Gasteiger partial charge on any atom is -0.397 e. The summed E-state index contributed by atoms with van der Waals surface area (Å²) < 4.78 is 13.0. The first-order valence-electron chi connectivity index (χ1n) is 18.3. The molecule has 274 valence electrons. The molecular weight excluding hydrogens is 656 g/mol. The van der Waals surface area contributed by atoms with E-state index in [9.17, 15) is 19.8 Å². The quantitative estimate of drug-likeness (QED) is 0.0721. The van der Waals surface area contributed by atoms with Gasteiger partial charge in [0.25, 0.3) is 0 Å². The lowest BCUT2D eigenvalue weighted by atomic mass is 9.99. The van der Waals surface area contributed by atoms with Crippen LogP contribution < -0.4 is 16.4 Å². The zero-order valence-corrected chi connectivity index (χ0v) is 29.6. The molecule has 2 heterocycles. The molecule has 0 spiro atoms. The Morgan fingerprint density at radius 1 is 0.808 bits per heavy atom. The maximum absolute atomic E-state index is 12.6. The number of carbonyl (C=O) groups excluding carboxylic acids is 2. The molecular formula is C42H50N4O6. The molecule has 6 N–H and O–H groups in total. The molecule has 0 radical (unpaired) electrons. The summed E-state index contributed by atoms with van der Waals surface area (Å²) in [7, 11) is 0. The first kappa shape index (κ1) is 37.2. The van der Waals surface area contributed by atoms with E-state index in [0.29, 0.717) is 56.6 Å². The first-order chi connectivity index (χ1) is 25.3. The summed E-state index contributed by atoms with van der Waals surface area (Å²) in [6.07, 6.45) is 3.42. The molecule has 2 fully saturated rings. The van der Waals surface area contributed by atoms with Gasteiger partial charge in [-0.25, -0.2) is 0 Å². The lowest BCUT2D eigenvalue weighted by Crippen LogP contribution is -2.38. The normalized spacial score (nSPS) is 20.4. The van der Waals surface area contributed by atoms with Crippen molar-refractivity contribution in [3.8, 4) is 11.1 Å². The predicted octanol–water partition coefficient (Wildman–Crippen LogP) is 6.25. The Hall–Kier alpha value is -4.58. The summed E-state index contributed by atoms with van der Waals surface area (Å²) >= 11 is 0. The minimum atomic E-state index is -0.546. The van der Waals surface area contributed by atoms with E-state index in [1.54, 1.807) is 12.1 Å². The van der Waals surface area contributed by atoms with Crippen molar-refractivity contribution in [3.05, 3.63) is 119 Å². The van der Waals surface area contributed by atoms with E-state index < -0.39 is 6.29 Å². The van der Waals surface area contributed by atoms with Crippen LogP contribution in [0.15, 0.2) is 97.1 Å². The summed E-state index contributed by atoms with van der Waals surface area (Å²) in [6.45, 7) is 2.68. The molecule has 0 bridgehead atoms. The van der Waals surface area contributed by atoms with Crippen molar-refractivity contribution in [1.82, 2.24) is 10.2 Å². The van der Waals surface area contributed by atoms with Crippen molar-refractivity contribution >= 4 is 23.2 Å². The third kappa shape index (κ3) is 10.5. The molecule has 4 aromatic carbocycles. The van der Waals surface area contributed by atoms with Gasteiger partial charge in [0.15, 0.2) is 6.29 Å². The Morgan fingerprint density at radius 2 is 1.56 bits per heavy atom. The molecule has 10 nitrogen and oxygen atoms in total. The Bertz CT molecular complexity index is 1770. The second-order valence-corrected chi connectivity index (χ2v) is 13.8. The van der Waals surface area contributed by atoms with E-state index in [-0.39, 0.29) is 36.7 Å². The van der Waals surface area contributed by atoms with Crippen molar-refractivity contribution in [2.75, 3.05) is 30.7 Å². The van der Waals surface area contributed by atoms with Crippen molar-refractivity contribution in [3.63, 3.8) is 0 Å². The average Bonchev–Trinajstić information content (AvgIpc) is 3.58. The fourth-order valence-corrected chi connectivity index (χ4v) is 6.85. The second kappa shape index (κ2) is 18.3. The highest BCUT2D eigenvalue weighted by molar-refractivity contribution is 5.93. The fourth-order valence-electron chi connectivity index (χ4n) is 6.85. The number of carbonyl (C=O) groups is 2. The summed E-state index contributed by atoms with van der Waals surface area (Å²) in [6, 6.07) is 31.5. The van der Waals surface area contributed by atoms with Gasteiger partial charge in [-0.05, 0) is 65.3 Å². The number of anilines is 2. The highest BCUT2D eigenvalue weighted by Crippen LogP contribution is 2.39. The van der Waals surface area contributed by atoms with Crippen molar-refractivity contribution in [2.24, 2.45) is 0 Å². The fraction of sp³-hybridized carbons (Fsp3) is 0.381. The van der Waals surface area contributed by atoms with Gasteiger partial charge in [-0.2, -0.15) is 0 Å². The van der Waals surface area contributed by atoms with Crippen molar-refractivity contribution in [1.29, 1.82) is 0 Å².